The summed E-state index contributed by atoms with van der Waals surface area (Å²) >= 11 is 1.60. The summed E-state index contributed by atoms with van der Waals surface area (Å²) in [4.78, 5) is 15.4. The molecule has 3 rings (SSSR count). The first-order chi connectivity index (χ1) is 9.95. The maximum Gasteiger partial charge on any atom is 0.247 e. The predicted molar refractivity (Wildman–Crippen MR) is 84.9 cm³/mol. The highest BCUT2D eigenvalue weighted by molar-refractivity contribution is 7.91. The Morgan fingerprint density at radius 2 is 2.00 bits per heavy atom. The van der Waals surface area contributed by atoms with E-state index >= 15 is 0 Å². The minimum absolute atomic E-state index is 0.0165. The van der Waals surface area contributed by atoms with Crippen LogP contribution in [-0.4, -0.2) is 42.8 Å². The summed E-state index contributed by atoms with van der Waals surface area (Å²) in [7, 11) is -3.00. The molecular formula is C15H19NO3S2. The zero-order chi connectivity index (χ0) is 15.0. The number of fused-ring (bicyclic) bond motifs is 2. The highest BCUT2D eigenvalue weighted by atomic mass is 32.2. The summed E-state index contributed by atoms with van der Waals surface area (Å²) in [5.74, 6) is 0.0165. The first-order valence-electron chi connectivity index (χ1n) is 7.18. The molecule has 2 fully saturated rings. The minimum atomic E-state index is -3.00. The second kappa shape index (κ2) is 5.57. The lowest BCUT2D eigenvalue weighted by molar-refractivity contribution is -0.130. The molecule has 3 heterocycles. The fraction of sp³-hybridized carbons (Fsp3) is 0.533. The Balaban J connectivity index is 1.72. The summed E-state index contributed by atoms with van der Waals surface area (Å²) < 4.78 is 23.5. The van der Waals surface area contributed by atoms with E-state index in [0.29, 0.717) is 12.8 Å². The molecule has 0 saturated carbocycles. The number of sulfone groups is 1. The zero-order valence-corrected chi connectivity index (χ0v) is 13.6. The van der Waals surface area contributed by atoms with Crippen molar-refractivity contribution in [1.29, 1.82) is 0 Å². The third kappa shape index (κ3) is 3.06. The fourth-order valence-electron chi connectivity index (χ4n) is 3.46. The summed E-state index contributed by atoms with van der Waals surface area (Å²) in [6.07, 6.45) is 7.81. The van der Waals surface area contributed by atoms with Gasteiger partial charge in [-0.15, -0.1) is 11.3 Å². The van der Waals surface area contributed by atoms with Crippen molar-refractivity contribution < 1.29 is 13.2 Å². The largest absolute Gasteiger partial charge is 0.333 e. The van der Waals surface area contributed by atoms with Crippen LogP contribution in [0.4, 0.5) is 0 Å². The van der Waals surface area contributed by atoms with Gasteiger partial charge in [-0.3, -0.25) is 4.79 Å². The lowest BCUT2D eigenvalue weighted by Gasteiger charge is -2.37. The van der Waals surface area contributed by atoms with Crippen molar-refractivity contribution in [2.45, 2.75) is 43.0 Å². The van der Waals surface area contributed by atoms with Gasteiger partial charge in [0.1, 0.15) is 9.84 Å². The normalized spacial score (nSPS) is 29.2. The Morgan fingerprint density at radius 1 is 1.33 bits per heavy atom. The molecule has 0 aromatic carbocycles. The fourth-order valence-corrected chi connectivity index (χ4v) is 5.22. The quantitative estimate of drug-likeness (QED) is 0.802. The van der Waals surface area contributed by atoms with Crippen molar-refractivity contribution in [1.82, 2.24) is 4.90 Å². The van der Waals surface area contributed by atoms with E-state index in [9.17, 15) is 13.2 Å². The van der Waals surface area contributed by atoms with Crippen molar-refractivity contribution in [3.63, 3.8) is 0 Å². The number of amides is 1. The van der Waals surface area contributed by atoms with Gasteiger partial charge in [0.25, 0.3) is 0 Å². The molecule has 2 unspecified atom stereocenters. The van der Waals surface area contributed by atoms with Crippen molar-refractivity contribution in [3.05, 3.63) is 28.5 Å². The minimum Gasteiger partial charge on any atom is -0.333 e. The summed E-state index contributed by atoms with van der Waals surface area (Å²) in [5, 5.41) is 1.70. The highest BCUT2D eigenvalue weighted by Crippen LogP contribution is 2.38. The summed E-state index contributed by atoms with van der Waals surface area (Å²) in [6, 6.07) is 4.10. The molecule has 1 amide bonds. The molecule has 2 saturated heterocycles. The van der Waals surface area contributed by atoms with Gasteiger partial charge in [0.15, 0.2) is 0 Å². The van der Waals surface area contributed by atoms with Crippen LogP contribution in [0, 0.1) is 0 Å². The highest BCUT2D eigenvalue weighted by Gasteiger charge is 2.45. The van der Waals surface area contributed by atoms with Crippen LogP contribution >= 0.6 is 11.3 Å². The van der Waals surface area contributed by atoms with Crippen LogP contribution in [0.5, 0.6) is 0 Å². The van der Waals surface area contributed by atoms with Gasteiger partial charge in [-0.1, -0.05) is 6.07 Å². The van der Waals surface area contributed by atoms with Crippen LogP contribution in [-0.2, 0) is 14.6 Å². The monoisotopic (exact) mass is 325 g/mol. The lowest BCUT2D eigenvalue weighted by atomic mass is 10.0. The van der Waals surface area contributed by atoms with Crippen LogP contribution in [0.2, 0.25) is 0 Å². The lowest BCUT2D eigenvalue weighted by Crippen LogP contribution is -2.49. The molecule has 2 aliphatic rings. The van der Waals surface area contributed by atoms with Crippen molar-refractivity contribution in [3.8, 4) is 0 Å². The number of thiophene rings is 1. The first-order valence-corrected chi connectivity index (χ1v) is 10.0. The zero-order valence-electron chi connectivity index (χ0n) is 11.9. The van der Waals surface area contributed by atoms with E-state index < -0.39 is 9.84 Å². The Morgan fingerprint density at radius 3 is 2.52 bits per heavy atom. The van der Waals surface area contributed by atoms with Crippen LogP contribution in [0.15, 0.2) is 23.6 Å². The van der Waals surface area contributed by atoms with Gasteiger partial charge >= 0.3 is 0 Å². The Labute approximate surface area is 129 Å². The Hall–Kier alpha value is -1.14. The van der Waals surface area contributed by atoms with Crippen molar-refractivity contribution >= 4 is 33.2 Å². The number of hydrogen-bond acceptors (Lipinski definition) is 4. The van der Waals surface area contributed by atoms with E-state index in [0.717, 1.165) is 17.7 Å². The van der Waals surface area contributed by atoms with E-state index in [1.807, 2.05) is 28.5 Å². The standard InChI is InChI=1S/C15H19NO3S2/c1-21(18,19)14-9-11-4-5-12(10-14)16(11)15(17)7-6-13-3-2-8-20-13/h2-3,6-8,11-12,14H,4-5,9-10H2,1H3/b7-6+. The van der Waals surface area contributed by atoms with Gasteiger partial charge in [-0.05, 0) is 43.2 Å². The van der Waals surface area contributed by atoms with Crippen LogP contribution in [0.25, 0.3) is 6.08 Å². The molecule has 2 bridgehead atoms. The average molecular weight is 325 g/mol. The maximum absolute atomic E-state index is 12.4. The molecule has 21 heavy (non-hydrogen) atoms. The van der Waals surface area contributed by atoms with E-state index in [1.54, 1.807) is 17.4 Å². The Kier molecular flexibility index (Phi) is 3.92. The van der Waals surface area contributed by atoms with E-state index in [2.05, 4.69) is 0 Å². The maximum atomic E-state index is 12.4. The topological polar surface area (TPSA) is 54.5 Å². The second-order valence-corrected chi connectivity index (χ2v) is 9.21. The first kappa shape index (κ1) is 14.8. The molecule has 0 spiro atoms. The average Bonchev–Trinajstić information content (AvgIpc) is 3.01. The van der Waals surface area contributed by atoms with Crippen molar-refractivity contribution in [2.75, 3.05) is 6.26 Å². The molecule has 2 atom stereocenters. The van der Waals surface area contributed by atoms with E-state index in [-0.39, 0.29) is 23.2 Å². The van der Waals surface area contributed by atoms with E-state index in [1.165, 1.54) is 6.26 Å². The molecule has 1 aromatic rings. The molecule has 6 heteroatoms. The predicted octanol–water partition coefficient (Wildman–Crippen LogP) is 2.33. The number of nitrogens with zero attached hydrogens (tertiary/aromatic N) is 1. The number of carbonyl (C=O) groups excluding carboxylic acids is 1. The van der Waals surface area contributed by atoms with Gasteiger partial charge in [-0.25, -0.2) is 8.42 Å². The number of hydrogen-bond donors (Lipinski definition) is 0. The Bertz CT molecular complexity index is 634. The third-order valence-corrected chi connectivity index (χ3v) is 6.92. The number of carbonyl (C=O) groups is 1. The molecule has 4 nitrogen and oxygen atoms in total. The molecule has 0 aliphatic carbocycles. The van der Waals surface area contributed by atoms with Gasteiger partial charge < -0.3 is 4.90 Å². The number of rotatable bonds is 3. The van der Waals surface area contributed by atoms with Gasteiger partial charge in [0.05, 0.1) is 5.25 Å². The second-order valence-electron chi connectivity index (χ2n) is 5.90. The molecule has 0 radical (unpaired) electrons. The van der Waals surface area contributed by atoms with Gasteiger partial charge in [0, 0.05) is 29.3 Å². The molecule has 0 N–H and O–H groups in total. The van der Waals surface area contributed by atoms with Crippen molar-refractivity contribution in [2.24, 2.45) is 0 Å². The number of piperidine rings is 1. The molecule has 2 aliphatic heterocycles. The SMILES string of the molecule is CS(=O)(=O)C1CC2CCC(C1)N2C(=O)/C=C/c1cccs1. The van der Waals surface area contributed by atoms with Crippen LogP contribution in [0.1, 0.15) is 30.6 Å². The van der Waals surface area contributed by atoms with Gasteiger partial charge in [-0.2, -0.15) is 0 Å². The smallest absolute Gasteiger partial charge is 0.247 e. The van der Waals surface area contributed by atoms with E-state index in [4.69, 9.17) is 0 Å². The van der Waals surface area contributed by atoms with Gasteiger partial charge in [0.2, 0.25) is 5.91 Å². The molecule has 114 valence electrons. The molecule has 1 aromatic heterocycles. The van der Waals surface area contributed by atoms with Crippen LogP contribution in [0.3, 0.4) is 0 Å². The third-order valence-electron chi connectivity index (χ3n) is 4.48. The summed E-state index contributed by atoms with van der Waals surface area (Å²) in [6.45, 7) is 0. The van der Waals surface area contributed by atoms with Crippen LogP contribution < -0.4 is 0 Å². The molecular weight excluding hydrogens is 306 g/mol. The summed E-state index contributed by atoms with van der Waals surface area (Å²) in [5.41, 5.74) is 0.